The number of carboxylic acid groups (broad SMARTS) is 2. The van der Waals surface area contributed by atoms with Crippen LogP contribution in [0.1, 0.15) is 67.7 Å². The molecule has 0 atom stereocenters. The Balaban J connectivity index is 1.76. The molecule has 0 unspecified atom stereocenters. The van der Waals surface area contributed by atoms with Crippen molar-refractivity contribution in [1.82, 2.24) is 4.90 Å². The zero-order valence-electron chi connectivity index (χ0n) is 19.7. The number of ether oxygens (including phenoxy) is 1. The van der Waals surface area contributed by atoms with E-state index in [1.165, 1.54) is 0 Å². The maximum Gasteiger partial charge on any atom is 0.306 e. The Morgan fingerprint density at radius 3 is 1.80 bits per heavy atom. The predicted octanol–water partition coefficient (Wildman–Crippen LogP) is 3.87. The van der Waals surface area contributed by atoms with Gasteiger partial charge >= 0.3 is 17.9 Å². The van der Waals surface area contributed by atoms with Crippen LogP contribution in [0.2, 0.25) is 0 Å². The predicted molar refractivity (Wildman–Crippen MR) is 127 cm³/mol. The second kappa shape index (κ2) is 9.90. The minimum absolute atomic E-state index is 0.0243. The molecule has 184 valence electrons. The van der Waals surface area contributed by atoms with Gasteiger partial charge in [-0.05, 0) is 53.1 Å². The molecule has 2 aromatic rings. The third kappa shape index (κ3) is 4.65. The van der Waals surface area contributed by atoms with Crippen LogP contribution in [0.4, 0.5) is 0 Å². The molecule has 1 aliphatic carbocycles. The normalized spacial score (nSPS) is 14.7. The summed E-state index contributed by atoms with van der Waals surface area (Å²) in [4.78, 5) is 49.6. The lowest BCUT2D eigenvalue weighted by Gasteiger charge is -2.32. The number of carbonyl (C=O) groups excluding carboxylic acids is 2. The van der Waals surface area contributed by atoms with E-state index < -0.39 is 23.3 Å². The second-order valence-electron chi connectivity index (χ2n) is 9.10. The fourth-order valence-corrected chi connectivity index (χ4v) is 5.55. The average molecular weight is 480 g/mol. The fraction of sp³-hybridized carbons (Fsp3) is 0.407. The van der Waals surface area contributed by atoms with Crippen LogP contribution in [0.25, 0.3) is 11.1 Å². The average Bonchev–Trinajstić information content (AvgIpc) is 2.98. The van der Waals surface area contributed by atoms with Crippen LogP contribution in [0, 0.1) is 0 Å². The lowest BCUT2D eigenvalue weighted by Crippen LogP contribution is -2.31. The highest BCUT2D eigenvalue weighted by Gasteiger charge is 2.46. The van der Waals surface area contributed by atoms with Gasteiger partial charge in [0.2, 0.25) is 5.91 Å². The Kier molecular flexibility index (Phi) is 6.91. The van der Waals surface area contributed by atoms with Crippen LogP contribution in [0.15, 0.2) is 36.4 Å². The summed E-state index contributed by atoms with van der Waals surface area (Å²) in [6, 6.07) is 11.6. The van der Waals surface area contributed by atoms with Crippen molar-refractivity contribution in [3.05, 3.63) is 58.7 Å². The Morgan fingerprint density at radius 2 is 1.34 bits per heavy atom. The standard InChI is InChI=1S/C27H29NO7/c1-2-35-24(34)10-9-21(29)28-15-17-5-3-7-19-25(17)26-18(16-28)6-4-8-20(26)27(19,13-11-22(30)31)14-12-23(32)33/h3-8H,2,9-16H2,1H3,(H,30,31)(H,32,33). The van der Waals surface area contributed by atoms with Crippen molar-refractivity contribution in [3.63, 3.8) is 0 Å². The summed E-state index contributed by atoms with van der Waals surface area (Å²) in [5, 5.41) is 18.9. The number of amides is 1. The summed E-state index contributed by atoms with van der Waals surface area (Å²) >= 11 is 0. The zero-order valence-corrected chi connectivity index (χ0v) is 19.7. The van der Waals surface area contributed by atoms with Gasteiger partial charge in [0.25, 0.3) is 0 Å². The molecule has 0 aromatic heterocycles. The number of hydrogen-bond donors (Lipinski definition) is 2. The maximum atomic E-state index is 13.0. The maximum absolute atomic E-state index is 13.0. The van der Waals surface area contributed by atoms with Gasteiger partial charge in [0, 0.05) is 37.8 Å². The third-order valence-corrected chi connectivity index (χ3v) is 7.04. The molecule has 4 rings (SSSR count). The summed E-state index contributed by atoms with van der Waals surface area (Å²) in [5.74, 6) is -2.39. The molecule has 0 saturated carbocycles. The van der Waals surface area contributed by atoms with E-state index in [9.17, 15) is 29.4 Å². The molecule has 35 heavy (non-hydrogen) atoms. The lowest BCUT2D eigenvalue weighted by atomic mass is 9.71. The van der Waals surface area contributed by atoms with Crippen molar-refractivity contribution >= 4 is 23.8 Å². The Morgan fingerprint density at radius 1 is 0.829 bits per heavy atom. The minimum atomic E-state index is -0.924. The minimum Gasteiger partial charge on any atom is -0.481 e. The summed E-state index contributed by atoms with van der Waals surface area (Å²) in [7, 11) is 0. The van der Waals surface area contributed by atoms with Gasteiger partial charge in [0.15, 0.2) is 0 Å². The molecule has 0 radical (unpaired) electrons. The molecule has 1 heterocycles. The summed E-state index contributed by atoms with van der Waals surface area (Å²) in [6.07, 6.45) is 0.521. The van der Waals surface area contributed by atoms with Gasteiger partial charge in [-0.2, -0.15) is 0 Å². The van der Waals surface area contributed by atoms with Crippen LogP contribution in [0.3, 0.4) is 0 Å². The van der Waals surface area contributed by atoms with Crippen LogP contribution < -0.4 is 0 Å². The highest BCUT2D eigenvalue weighted by atomic mass is 16.5. The van der Waals surface area contributed by atoms with E-state index in [4.69, 9.17) is 4.74 Å². The van der Waals surface area contributed by atoms with E-state index in [-0.39, 0.29) is 38.2 Å². The van der Waals surface area contributed by atoms with Gasteiger partial charge in [-0.15, -0.1) is 0 Å². The summed E-state index contributed by atoms with van der Waals surface area (Å²) < 4.78 is 4.95. The van der Waals surface area contributed by atoms with E-state index in [1.807, 2.05) is 36.4 Å². The number of hydrogen-bond acceptors (Lipinski definition) is 5. The smallest absolute Gasteiger partial charge is 0.306 e. The molecule has 0 fully saturated rings. The van der Waals surface area contributed by atoms with Gasteiger partial charge in [0.05, 0.1) is 13.0 Å². The summed E-state index contributed by atoms with van der Waals surface area (Å²) in [6.45, 7) is 2.71. The number of aliphatic carboxylic acids is 2. The Hall–Kier alpha value is -3.68. The van der Waals surface area contributed by atoms with Crippen molar-refractivity contribution in [2.45, 2.75) is 64.0 Å². The zero-order chi connectivity index (χ0) is 25.2. The third-order valence-electron chi connectivity index (χ3n) is 7.04. The van der Waals surface area contributed by atoms with Crippen molar-refractivity contribution < 1.29 is 34.1 Å². The SMILES string of the molecule is CCOC(=O)CCC(=O)N1Cc2cccc3c2-c2c(cccc2C3(CCC(=O)O)CCC(=O)O)C1. The lowest BCUT2D eigenvalue weighted by molar-refractivity contribution is -0.146. The van der Waals surface area contributed by atoms with E-state index in [0.29, 0.717) is 25.9 Å². The molecule has 0 spiro atoms. The molecule has 1 amide bonds. The fourth-order valence-electron chi connectivity index (χ4n) is 5.55. The molecule has 8 heteroatoms. The number of carbonyl (C=O) groups is 4. The Bertz CT molecular complexity index is 1110. The first kappa shape index (κ1) is 24.4. The number of carboxylic acids is 2. The molecule has 0 bridgehead atoms. The molecule has 2 aliphatic rings. The van der Waals surface area contributed by atoms with Gasteiger partial charge in [-0.3, -0.25) is 19.2 Å². The van der Waals surface area contributed by atoms with Gasteiger partial charge in [-0.1, -0.05) is 36.4 Å². The molecule has 2 N–H and O–H groups in total. The van der Waals surface area contributed by atoms with Gasteiger partial charge in [-0.25, -0.2) is 0 Å². The Labute approximate surface area is 203 Å². The van der Waals surface area contributed by atoms with E-state index in [1.54, 1.807) is 11.8 Å². The van der Waals surface area contributed by atoms with Crippen LogP contribution in [-0.2, 0) is 42.4 Å². The molecule has 8 nitrogen and oxygen atoms in total. The number of benzene rings is 2. The number of rotatable bonds is 10. The monoisotopic (exact) mass is 479 g/mol. The number of nitrogens with zero attached hydrogens (tertiary/aromatic N) is 1. The summed E-state index contributed by atoms with van der Waals surface area (Å²) in [5.41, 5.74) is 4.98. The number of esters is 1. The van der Waals surface area contributed by atoms with E-state index in [0.717, 1.165) is 33.4 Å². The largest absolute Gasteiger partial charge is 0.481 e. The molecule has 1 aliphatic heterocycles. The second-order valence-corrected chi connectivity index (χ2v) is 9.10. The van der Waals surface area contributed by atoms with Crippen LogP contribution in [0.5, 0.6) is 0 Å². The molecular formula is C27H29NO7. The van der Waals surface area contributed by atoms with Crippen molar-refractivity contribution in [1.29, 1.82) is 0 Å². The first-order valence-corrected chi connectivity index (χ1v) is 11.9. The van der Waals surface area contributed by atoms with Crippen LogP contribution in [-0.4, -0.2) is 45.5 Å². The van der Waals surface area contributed by atoms with E-state index >= 15 is 0 Å². The van der Waals surface area contributed by atoms with E-state index in [2.05, 4.69) is 0 Å². The molecule has 2 aromatic carbocycles. The van der Waals surface area contributed by atoms with Crippen molar-refractivity contribution in [2.24, 2.45) is 0 Å². The first-order valence-electron chi connectivity index (χ1n) is 11.9. The van der Waals surface area contributed by atoms with Gasteiger partial charge in [0.1, 0.15) is 0 Å². The topological polar surface area (TPSA) is 121 Å². The quantitative estimate of drug-likeness (QED) is 0.496. The van der Waals surface area contributed by atoms with Crippen LogP contribution >= 0.6 is 0 Å². The van der Waals surface area contributed by atoms with Crippen molar-refractivity contribution in [3.8, 4) is 11.1 Å². The highest BCUT2D eigenvalue weighted by Crippen LogP contribution is 2.56. The van der Waals surface area contributed by atoms with Crippen molar-refractivity contribution in [2.75, 3.05) is 6.61 Å². The highest BCUT2D eigenvalue weighted by molar-refractivity contribution is 5.88. The van der Waals surface area contributed by atoms with Gasteiger partial charge < -0.3 is 19.8 Å². The molecular weight excluding hydrogens is 450 g/mol. The molecule has 0 saturated heterocycles. The first-order chi connectivity index (χ1) is 16.8.